The van der Waals surface area contributed by atoms with Gasteiger partial charge in [0.05, 0.1) is 0 Å². The molecular weight excluding hydrogens is 472 g/mol. The summed E-state index contributed by atoms with van der Waals surface area (Å²) in [5, 5.41) is 14.8. The molecule has 0 atom stereocenters. The smallest absolute Gasteiger partial charge is 0.220 e. The van der Waals surface area contributed by atoms with Crippen LogP contribution in [0.3, 0.4) is 0 Å². The molecule has 0 aromatic heterocycles. The van der Waals surface area contributed by atoms with Gasteiger partial charge in [0.25, 0.3) is 0 Å². The van der Waals surface area contributed by atoms with Gasteiger partial charge in [-0.1, -0.05) is 55.4 Å². The van der Waals surface area contributed by atoms with E-state index >= 15 is 0 Å². The molecule has 6 nitrogen and oxygen atoms in total. The summed E-state index contributed by atoms with van der Waals surface area (Å²) in [4.78, 5) is 25.8. The normalized spacial score (nSPS) is 22.6. The van der Waals surface area contributed by atoms with E-state index in [1.165, 1.54) is 0 Å². The van der Waals surface area contributed by atoms with Crippen molar-refractivity contribution in [2.24, 2.45) is 0 Å². The van der Waals surface area contributed by atoms with Gasteiger partial charge in [-0.15, -0.1) is 0 Å². The third-order valence-electron chi connectivity index (χ3n) is 10.8. The molecule has 2 aliphatic rings. The zero-order valence-electron chi connectivity index (χ0n) is 26.3. The lowest BCUT2D eigenvalue weighted by Gasteiger charge is -2.52. The molecule has 0 aromatic carbocycles. The molecule has 0 aliphatic carbocycles. The van der Waals surface area contributed by atoms with Crippen molar-refractivity contribution >= 4 is 11.8 Å². The number of carbonyl (C=O) groups excluding carboxylic acids is 2. The summed E-state index contributed by atoms with van der Waals surface area (Å²) in [5.41, 5.74) is 0.425. The monoisotopic (exact) mass is 534 g/mol. The maximum Gasteiger partial charge on any atom is 0.220 e. The predicted octanol–water partition coefficient (Wildman–Crippen LogP) is 6.52. The molecule has 0 bridgehead atoms. The van der Waals surface area contributed by atoms with Crippen LogP contribution in [-0.2, 0) is 9.59 Å². The Morgan fingerprint density at radius 3 is 0.974 bits per heavy atom. The quantitative estimate of drug-likeness (QED) is 0.180. The van der Waals surface area contributed by atoms with Gasteiger partial charge in [-0.25, -0.2) is 0 Å². The Bertz CT molecular complexity index is 634. The number of nitrogens with one attached hydrogen (secondary N) is 4. The van der Waals surface area contributed by atoms with Crippen molar-refractivity contribution in [3.63, 3.8) is 0 Å². The molecule has 2 fully saturated rings. The number of carbonyl (C=O) groups is 2. The first-order chi connectivity index (χ1) is 18.1. The predicted molar refractivity (Wildman–Crippen MR) is 160 cm³/mol. The topological polar surface area (TPSA) is 82.3 Å². The van der Waals surface area contributed by atoms with E-state index in [1.807, 2.05) is 0 Å². The van der Waals surface area contributed by atoms with Gasteiger partial charge in [0.1, 0.15) is 0 Å². The second-order valence-corrected chi connectivity index (χ2v) is 12.8. The first kappa shape index (κ1) is 33.1. The van der Waals surface area contributed by atoms with Gasteiger partial charge in [0, 0.05) is 47.1 Å². The minimum atomic E-state index is 0.106. The molecule has 0 aromatic rings. The molecule has 6 heteroatoms. The summed E-state index contributed by atoms with van der Waals surface area (Å²) in [5.74, 6) is 0.286. The lowest BCUT2D eigenvalue weighted by Crippen LogP contribution is -2.66. The van der Waals surface area contributed by atoms with E-state index in [9.17, 15) is 9.59 Å². The third-order valence-corrected chi connectivity index (χ3v) is 10.8. The van der Waals surface area contributed by atoms with Gasteiger partial charge in [0.15, 0.2) is 0 Å². The number of hydrogen-bond donors (Lipinski definition) is 4. The maximum absolute atomic E-state index is 12.9. The summed E-state index contributed by atoms with van der Waals surface area (Å²) in [6.07, 6.45) is 15.2. The average molecular weight is 535 g/mol. The van der Waals surface area contributed by atoms with Crippen LogP contribution in [0.15, 0.2) is 0 Å². The molecule has 0 saturated carbocycles. The SMILES string of the molecule is CCC1(CC)CC(NC(=O)CCCCC(=O)NC2CC(CC)(CC)NC(CC)(CC)C2)CC(CC)(CC)N1. The van der Waals surface area contributed by atoms with E-state index < -0.39 is 0 Å². The minimum Gasteiger partial charge on any atom is -0.353 e. The lowest BCUT2D eigenvalue weighted by atomic mass is 9.71. The maximum atomic E-state index is 12.9. The fraction of sp³-hybridized carbons (Fsp3) is 0.938. The van der Waals surface area contributed by atoms with Gasteiger partial charge >= 0.3 is 0 Å². The second kappa shape index (κ2) is 14.5. The summed E-state index contributed by atoms with van der Waals surface area (Å²) >= 11 is 0. The summed E-state index contributed by atoms with van der Waals surface area (Å²) in [6.45, 7) is 18.1. The Morgan fingerprint density at radius 1 is 0.526 bits per heavy atom. The molecule has 0 unspecified atom stereocenters. The standard InChI is InChI=1S/C32H62N4O2/c1-9-29(10-2)21-25(22-30(11-3,12-4)35-29)33-27(37)19-17-18-20-28(38)34-26-23-31(13-5,14-6)36-32(15-7,16-8)24-26/h25-26,35-36H,9-24H2,1-8H3,(H,33,37)(H,34,38). The van der Waals surface area contributed by atoms with Crippen LogP contribution in [0.25, 0.3) is 0 Å². The van der Waals surface area contributed by atoms with Crippen molar-refractivity contribution in [3.8, 4) is 0 Å². The van der Waals surface area contributed by atoms with E-state index in [4.69, 9.17) is 0 Å². The molecule has 0 spiro atoms. The highest BCUT2D eigenvalue weighted by Gasteiger charge is 2.45. The zero-order chi connectivity index (χ0) is 28.5. The molecule has 38 heavy (non-hydrogen) atoms. The molecular formula is C32H62N4O2. The van der Waals surface area contributed by atoms with Crippen LogP contribution >= 0.6 is 0 Å². The second-order valence-electron chi connectivity index (χ2n) is 12.8. The first-order valence-electron chi connectivity index (χ1n) is 16.2. The van der Waals surface area contributed by atoms with Gasteiger partial charge in [-0.2, -0.15) is 0 Å². The van der Waals surface area contributed by atoms with Crippen LogP contribution in [0.4, 0.5) is 0 Å². The van der Waals surface area contributed by atoms with Crippen LogP contribution in [-0.4, -0.2) is 46.1 Å². The van der Waals surface area contributed by atoms with Crippen molar-refractivity contribution in [3.05, 3.63) is 0 Å². The van der Waals surface area contributed by atoms with Gasteiger partial charge in [0.2, 0.25) is 11.8 Å². The first-order valence-corrected chi connectivity index (χ1v) is 16.2. The number of unbranched alkanes of at least 4 members (excludes halogenated alkanes) is 1. The number of rotatable bonds is 15. The van der Waals surface area contributed by atoms with E-state index in [-0.39, 0.29) is 46.1 Å². The molecule has 2 aliphatic heterocycles. The largest absolute Gasteiger partial charge is 0.353 e. The molecule has 2 rings (SSSR count). The van der Waals surface area contributed by atoms with Gasteiger partial charge in [-0.05, 0) is 89.9 Å². The Labute approximate surface area is 235 Å². The number of hydrogen-bond acceptors (Lipinski definition) is 4. The molecule has 0 radical (unpaired) electrons. The summed E-state index contributed by atoms with van der Waals surface area (Å²) in [7, 11) is 0. The fourth-order valence-corrected chi connectivity index (χ4v) is 7.60. The van der Waals surface area contributed by atoms with Gasteiger partial charge < -0.3 is 21.3 Å². The molecule has 222 valence electrons. The molecule has 2 heterocycles. The van der Waals surface area contributed by atoms with E-state index in [0.717, 1.165) is 89.9 Å². The van der Waals surface area contributed by atoms with Gasteiger partial charge in [-0.3, -0.25) is 9.59 Å². The minimum absolute atomic E-state index is 0.106. The Morgan fingerprint density at radius 2 is 0.763 bits per heavy atom. The number of piperidine rings is 2. The Kier molecular flexibility index (Phi) is 12.6. The van der Waals surface area contributed by atoms with Crippen LogP contribution < -0.4 is 21.3 Å². The Hall–Kier alpha value is -1.14. The molecule has 2 saturated heterocycles. The van der Waals surface area contributed by atoms with Crippen molar-refractivity contribution in [2.75, 3.05) is 0 Å². The highest BCUT2D eigenvalue weighted by Crippen LogP contribution is 2.38. The van der Waals surface area contributed by atoms with E-state index in [0.29, 0.717) is 12.8 Å². The average Bonchev–Trinajstić information content (AvgIpc) is 2.94. The fourth-order valence-electron chi connectivity index (χ4n) is 7.60. The summed E-state index contributed by atoms with van der Waals surface area (Å²) in [6, 6.07) is 0.447. The third kappa shape index (κ3) is 8.19. The van der Waals surface area contributed by atoms with E-state index in [2.05, 4.69) is 76.7 Å². The van der Waals surface area contributed by atoms with E-state index in [1.54, 1.807) is 0 Å². The van der Waals surface area contributed by atoms with Crippen LogP contribution in [0, 0.1) is 0 Å². The van der Waals surface area contributed by atoms with Crippen molar-refractivity contribution in [1.29, 1.82) is 0 Å². The Balaban J connectivity index is 1.84. The van der Waals surface area contributed by atoms with Crippen LogP contribution in [0.5, 0.6) is 0 Å². The lowest BCUT2D eigenvalue weighted by molar-refractivity contribution is -0.124. The molecule has 4 N–H and O–H groups in total. The van der Waals surface area contributed by atoms with Crippen LogP contribution in [0.1, 0.15) is 158 Å². The van der Waals surface area contributed by atoms with Crippen LogP contribution in [0.2, 0.25) is 0 Å². The molecule has 2 amide bonds. The highest BCUT2D eigenvalue weighted by molar-refractivity contribution is 5.77. The zero-order valence-corrected chi connectivity index (χ0v) is 26.3. The van der Waals surface area contributed by atoms with Crippen molar-refractivity contribution in [2.45, 2.75) is 192 Å². The summed E-state index contributed by atoms with van der Waals surface area (Å²) < 4.78 is 0. The number of amides is 2. The van der Waals surface area contributed by atoms with Crippen molar-refractivity contribution in [1.82, 2.24) is 21.3 Å². The van der Waals surface area contributed by atoms with Crippen molar-refractivity contribution < 1.29 is 9.59 Å². The highest BCUT2D eigenvalue weighted by atomic mass is 16.2.